The molecule has 4 rings (SSSR count). The molecule has 0 radical (unpaired) electrons. The number of nitrogens with zero attached hydrogens (tertiary/aromatic N) is 3. The van der Waals surface area contributed by atoms with Crippen molar-refractivity contribution < 1.29 is 9.53 Å². The lowest BCUT2D eigenvalue weighted by Gasteiger charge is -2.38. The van der Waals surface area contributed by atoms with Crippen molar-refractivity contribution in [2.45, 2.75) is 57.0 Å². The smallest absolute Gasteiger partial charge is 0.222 e. The third-order valence-electron chi connectivity index (χ3n) is 6.35. The van der Waals surface area contributed by atoms with E-state index in [2.05, 4.69) is 45.0 Å². The minimum atomic E-state index is -0.0720. The zero-order valence-electron chi connectivity index (χ0n) is 17.8. The van der Waals surface area contributed by atoms with Gasteiger partial charge in [-0.15, -0.1) is 0 Å². The quantitative estimate of drug-likeness (QED) is 0.584. The molecular formula is C24H32N4O2. The van der Waals surface area contributed by atoms with Crippen molar-refractivity contribution in [3.8, 4) is 0 Å². The zero-order chi connectivity index (χ0) is 20.8. The van der Waals surface area contributed by atoms with Gasteiger partial charge < -0.3 is 19.2 Å². The fourth-order valence-corrected chi connectivity index (χ4v) is 4.81. The first-order valence-corrected chi connectivity index (χ1v) is 11.1. The van der Waals surface area contributed by atoms with Crippen LogP contribution in [-0.2, 0) is 28.0 Å². The number of ether oxygens (including phenoxy) is 1. The van der Waals surface area contributed by atoms with E-state index in [0.29, 0.717) is 26.0 Å². The number of carbonyl (C=O) groups excluding carboxylic acids is 1. The van der Waals surface area contributed by atoms with Gasteiger partial charge in [0.25, 0.3) is 0 Å². The second-order valence-electron chi connectivity index (χ2n) is 8.31. The second-order valence-corrected chi connectivity index (χ2v) is 8.31. The molecule has 1 amide bonds. The van der Waals surface area contributed by atoms with Gasteiger partial charge in [0.05, 0.1) is 29.6 Å². The van der Waals surface area contributed by atoms with E-state index in [1.54, 1.807) is 7.11 Å². The van der Waals surface area contributed by atoms with Crippen molar-refractivity contribution >= 4 is 16.9 Å². The number of para-hydroxylation sites is 2. The highest BCUT2D eigenvalue weighted by Gasteiger charge is 2.35. The minimum absolute atomic E-state index is 0.0720. The minimum Gasteiger partial charge on any atom is -0.383 e. The van der Waals surface area contributed by atoms with Crippen LogP contribution in [0, 0.1) is 0 Å². The third kappa shape index (κ3) is 4.43. The lowest BCUT2D eigenvalue weighted by atomic mass is 9.78. The normalized spacial score (nSPS) is 16.0. The maximum atomic E-state index is 12.9. The first kappa shape index (κ1) is 20.7. The van der Waals surface area contributed by atoms with Gasteiger partial charge in [-0.3, -0.25) is 4.79 Å². The number of amides is 1. The molecule has 1 N–H and O–H groups in total. The van der Waals surface area contributed by atoms with Crippen LogP contribution in [-0.4, -0.2) is 40.3 Å². The second kappa shape index (κ2) is 9.47. The van der Waals surface area contributed by atoms with Gasteiger partial charge in [0.1, 0.15) is 5.82 Å². The molecule has 0 spiro atoms. The highest BCUT2D eigenvalue weighted by molar-refractivity contribution is 5.77. The summed E-state index contributed by atoms with van der Waals surface area (Å²) in [5.41, 5.74) is 2.03. The Morgan fingerprint density at radius 3 is 2.67 bits per heavy atom. The lowest BCUT2D eigenvalue weighted by Crippen LogP contribution is -2.41. The molecule has 30 heavy (non-hydrogen) atoms. The molecule has 0 atom stereocenters. The van der Waals surface area contributed by atoms with Gasteiger partial charge in [-0.2, -0.15) is 0 Å². The highest BCUT2D eigenvalue weighted by Crippen LogP contribution is 2.37. The molecule has 1 aromatic carbocycles. The van der Waals surface area contributed by atoms with Gasteiger partial charge in [0.15, 0.2) is 0 Å². The van der Waals surface area contributed by atoms with Crippen LogP contribution in [0.3, 0.4) is 0 Å². The number of rotatable bonds is 9. The summed E-state index contributed by atoms with van der Waals surface area (Å²) in [6, 6.07) is 12.3. The topological polar surface area (TPSA) is 61.1 Å². The number of hydrogen-bond donors (Lipinski definition) is 1. The van der Waals surface area contributed by atoms with E-state index in [0.717, 1.165) is 36.2 Å². The van der Waals surface area contributed by atoms with Crippen LogP contribution in [0.5, 0.6) is 0 Å². The molecule has 6 heteroatoms. The largest absolute Gasteiger partial charge is 0.383 e. The van der Waals surface area contributed by atoms with E-state index in [1.165, 1.54) is 19.3 Å². The van der Waals surface area contributed by atoms with Crippen molar-refractivity contribution in [2.75, 3.05) is 20.3 Å². The Hall–Kier alpha value is -2.60. The Morgan fingerprint density at radius 1 is 1.13 bits per heavy atom. The molecule has 1 aliphatic rings. The molecule has 2 heterocycles. The summed E-state index contributed by atoms with van der Waals surface area (Å²) in [5.74, 6) is 1.12. The SMILES string of the molecule is COCCn1c(CCNC(=O)CC2(n3cccc3)CCCCC2)nc2ccccc21. The molecule has 0 unspecified atom stereocenters. The molecule has 2 aromatic heterocycles. The number of methoxy groups -OCH3 is 1. The van der Waals surface area contributed by atoms with Crippen LogP contribution in [0.15, 0.2) is 48.8 Å². The van der Waals surface area contributed by atoms with Crippen molar-refractivity contribution in [1.82, 2.24) is 19.4 Å². The summed E-state index contributed by atoms with van der Waals surface area (Å²) in [5, 5.41) is 3.16. The fourth-order valence-electron chi connectivity index (χ4n) is 4.81. The van der Waals surface area contributed by atoms with E-state index in [9.17, 15) is 4.79 Å². The molecule has 0 saturated heterocycles. The molecule has 3 aromatic rings. The number of fused-ring (bicyclic) bond motifs is 1. The Labute approximate surface area is 178 Å². The number of benzene rings is 1. The van der Waals surface area contributed by atoms with E-state index in [1.807, 2.05) is 18.2 Å². The van der Waals surface area contributed by atoms with Gasteiger partial charge in [-0.05, 0) is 37.1 Å². The number of nitrogens with one attached hydrogen (secondary N) is 1. The van der Waals surface area contributed by atoms with Crippen LogP contribution >= 0.6 is 0 Å². The standard InChI is InChI=1S/C24H32N4O2/c1-30-18-17-28-21-10-4-3-9-20(21)26-22(28)11-14-25-23(29)19-24(12-5-2-6-13-24)27-15-7-8-16-27/h3-4,7-10,15-16H,2,5-6,11-14,17-19H2,1H3,(H,25,29). The number of imidazole rings is 1. The molecule has 0 bridgehead atoms. The summed E-state index contributed by atoms with van der Waals surface area (Å²) >= 11 is 0. The fraction of sp³-hybridized carbons (Fsp3) is 0.500. The molecule has 6 nitrogen and oxygen atoms in total. The van der Waals surface area contributed by atoms with Crippen molar-refractivity contribution in [3.63, 3.8) is 0 Å². The predicted octanol–water partition coefficient (Wildman–Crippen LogP) is 3.89. The molecule has 1 saturated carbocycles. The molecule has 1 aliphatic carbocycles. The highest BCUT2D eigenvalue weighted by atomic mass is 16.5. The van der Waals surface area contributed by atoms with Crippen LogP contribution in [0.25, 0.3) is 11.0 Å². The maximum Gasteiger partial charge on any atom is 0.222 e. The van der Waals surface area contributed by atoms with E-state index in [4.69, 9.17) is 9.72 Å². The van der Waals surface area contributed by atoms with Gasteiger partial charge >= 0.3 is 0 Å². The number of hydrogen-bond acceptors (Lipinski definition) is 3. The Bertz CT molecular complexity index is 955. The molecule has 1 fully saturated rings. The first-order chi connectivity index (χ1) is 14.7. The number of aromatic nitrogens is 3. The Balaban J connectivity index is 1.40. The summed E-state index contributed by atoms with van der Waals surface area (Å²) in [6.45, 7) is 1.99. The average Bonchev–Trinajstić information content (AvgIpc) is 3.42. The van der Waals surface area contributed by atoms with Gasteiger partial charge in [0, 0.05) is 39.0 Å². The summed E-state index contributed by atoms with van der Waals surface area (Å²) in [6.07, 6.45) is 11.3. The van der Waals surface area contributed by atoms with E-state index in [-0.39, 0.29) is 11.4 Å². The monoisotopic (exact) mass is 408 g/mol. The van der Waals surface area contributed by atoms with Crippen LogP contribution < -0.4 is 5.32 Å². The average molecular weight is 409 g/mol. The summed E-state index contributed by atoms with van der Waals surface area (Å²) in [4.78, 5) is 17.6. The van der Waals surface area contributed by atoms with Gasteiger partial charge in [-0.25, -0.2) is 4.98 Å². The van der Waals surface area contributed by atoms with Crippen LogP contribution in [0.4, 0.5) is 0 Å². The third-order valence-corrected chi connectivity index (χ3v) is 6.35. The van der Waals surface area contributed by atoms with Gasteiger partial charge in [-0.1, -0.05) is 31.4 Å². The molecule has 160 valence electrons. The van der Waals surface area contributed by atoms with E-state index < -0.39 is 0 Å². The summed E-state index contributed by atoms with van der Waals surface area (Å²) < 4.78 is 9.73. The van der Waals surface area contributed by atoms with Crippen molar-refractivity contribution in [3.05, 3.63) is 54.6 Å². The van der Waals surface area contributed by atoms with E-state index >= 15 is 0 Å². The van der Waals surface area contributed by atoms with Crippen LogP contribution in [0.1, 0.15) is 44.3 Å². The zero-order valence-corrected chi connectivity index (χ0v) is 17.8. The Kier molecular flexibility index (Phi) is 6.53. The van der Waals surface area contributed by atoms with Crippen molar-refractivity contribution in [2.24, 2.45) is 0 Å². The predicted molar refractivity (Wildman–Crippen MR) is 118 cm³/mol. The molecular weight excluding hydrogens is 376 g/mol. The first-order valence-electron chi connectivity index (χ1n) is 11.1. The number of carbonyl (C=O) groups is 1. The van der Waals surface area contributed by atoms with Crippen molar-refractivity contribution in [1.29, 1.82) is 0 Å². The maximum absolute atomic E-state index is 12.9. The van der Waals surface area contributed by atoms with Crippen LogP contribution in [0.2, 0.25) is 0 Å². The summed E-state index contributed by atoms with van der Waals surface area (Å²) in [7, 11) is 1.71. The lowest BCUT2D eigenvalue weighted by molar-refractivity contribution is -0.123. The molecule has 0 aliphatic heterocycles. The van der Waals surface area contributed by atoms with Gasteiger partial charge in [0.2, 0.25) is 5.91 Å². The Morgan fingerprint density at radius 2 is 1.90 bits per heavy atom.